The number of aryl methyl sites for hydroxylation is 1. The summed E-state index contributed by atoms with van der Waals surface area (Å²) in [7, 11) is -0.705. The number of ether oxygens (including phenoxy) is 1. The fraction of sp³-hybridized carbons (Fsp3) is 0.462. The molecule has 0 unspecified atom stereocenters. The van der Waals surface area contributed by atoms with E-state index in [0.29, 0.717) is 36.6 Å². The molecule has 4 rings (SSSR count). The molecule has 0 aliphatic carbocycles. The summed E-state index contributed by atoms with van der Waals surface area (Å²) in [6.45, 7) is 10.2. The maximum absolute atomic E-state index is 13.6. The molecule has 0 fully saturated rings. The summed E-state index contributed by atoms with van der Waals surface area (Å²) >= 11 is 1.58. The Morgan fingerprint density at radius 1 is 1.34 bits per heavy atom. The number of imidazole rings is 1. The number of carbonyl (C=O) groups excluding carboxylic acids is 1. The third-order valence-electron chi connectivity index (χ3n) is 6.10. The fourth-order valence-corrected chi connectivity index (χ4v) is 4.86. The van der Waals surface area contributed by atoms with Crippen LogP contribution in [0.3, 0.4) is 0 Å². The molecule has 0 spiro atoms. The molecule has 0 bridgehead atoms. The summed E-state index contributed by atoms with van der Waals surface area (Å²) in [5.74, 6) is 1.36. The summed E-state index contributed by atoms with van der Waals surface area (Å²) in [4.78, 5) is 21.2. The molecule has 0 radical (unpaired) electrons. The summed E-state index contributed by atoms with van der Waals surface area (Å²) in [6.07, 6.45) is 1.97. The van der Waals surface area contributed by atoms with Gasteiger partial charge >= 0.3 is 0 Å². The molecule has 1 aliphatic heterocycles. The van der Waals surface area contributed by atoms with Gasteiger partial charge in [0.25, 0.3) is 5.91 Å². The number of aromatic nitrogens is 2. The fourth-order valence-electron chi connectivity index (χ4n) is 4.16. The molecule has 0 saturated heterocycles. The summed E-state index contributed by atoms with van der Waals surface area (Å²) in [5, 5.41) is 2.00. The number of hydrogen-bond donors (Lipinski definition) is 0. The summed E-state index contributed by atoms with van der Waals surface area (Å²) < 4.78 is 30.4. The van der Waals surface area contributed by atoms with Crippen LogP contribution >= 0.6 is 11.3 Å². The Kier molecular flexibility index (Phi) is 4.96. The van der Waals surface area contributed by atoms with Gasteiger partial charge in [0.15, 0.2) is 11.5 Å². The van der Waals surface area contributed by atoms with Crippen molar-refractivity contribution in [3.8, 4) is 22.1 Å². The molecule has 5 nitrogen and oxygen atoms in total. The zero-order chi connectivity index (χ0) is 25.7. The van der Waals surface area contributed by atoms with Crippen LogP contribution in [0.25, 0.3) is 16.4 Å². The average Bonchev–Trinajstić information content (AvgIpc) is 3.38. The van der Waals surface area contributed by atoms with E-state index < -0.39 is 7.04 Å². The van der Waals surface area contributed by atoms with E-state index in [2.05, 4.69) is 18.4 Å². The van der Waals surface area contributed by atoms with Gasteiger partial charge < -0.3 is 9.64 Å². The minimum absolute atomic E-state index is 0.0998. The Morgan fingerprint density at radius 2 is 2.12 bits per heavy atom. The van der Waals surface area contributed by atoms with Crippen molar-refractivity contribution in [1.82, 2.24) is 14.5 Å². The Balaban J connectivity index is 1.93. The quantitative estimate of drug-likeness (QED) is 0.491. The number of rotatable bonds is 5. The van der Waals surface area contributed by atoms with Gasteiger partial charge in [0.05, 0.1) is 27.4 Å². The molecule has 1 amide bonds. The van der Waals surface area contributed by atoms with Crippen molar-refractivity contribution < 1.29 is 13.6 Å². The van der Waals surface area contributed by atoms with E-state index in [4.69, 9.17) is 13.8 Å². The van der Waals surface area contributed by atoms with Crippen LogP contribution in [0.5, 0.6) is 5.75 Å². The highest BCUT2D eigenvalue weighted by Crippen LogP contribution is 2.38. The zero-order valence-corrected chi connectivity index (χ0v) is 20.5. The van der Waals surface area contributed by atoms with Crippen molar-refractivity contribution in [3.63, 3.8) is 0 Å². The molecule has 1 aliphatic rings. The lowest BCUT2D eigenvalue weighted by Crippen LogP contribution is -2.43. The van der Waals surface area contributed by atoms with Crippen molar-refractivity contribution in [3.05, 3.63) is 52.2 Å². The highest BCUT2D eigenvalue weighted by atomic mass is 32.1. The lowest BCUT2D eigenvalue weighted by atomic mass is 9.94. The number of benzene rings is 1. The normalized spacial score (nSPS) is 14.9. The number of amides is 1. The number of methoxy groups -OCH3 is 1. The van der Waals surface area contributed by atoms with Crippen LogP contribution in [0.1, 0.15) is 66.0 Å². The first-order valence-corrected chi connectivity index (χ1v) is 11.9. The van der Waals surface area contributed by atoms with E-state index in [0.717, 1.165) is 33.2 Å². The van der Waals surface area contributed by atoms with Gasteiger partial charge in [-0.2, -0.15) is 0 Å². The largest absolute Gasteiger partial charge is 0.496 e. The maximum atomic E-state index is 13.6. The standard InChI is InChI=1S/C26H33N3O2S/c1-16(2)13-18-14-20-17(15-21(18)31-7)10-11-19-23(25(30)28(6)26(3,4)5)27-24(29(19)20)22-9-8-12-32-22/h8-9,12,14-16H,10-11,13H2,1-7H3/i7D3. The van der Waals surface area contributed by atoms with Gasteiger partial charge in [-0.1, -0.05) is 19.9 Å². The monoisotopic (exact) mass is 454 g/mol. The first kappa shape index (κ1) is 18.9. The van der Waals surface area contributed by atoms with Crippen LogP contribution in [-0.2, 0) is 19.3 Å². The SMILES string of the molecule is [2H]C([2H])([2H])Oc1cc2c(cc1CC(C)C)-n1c(-c3cccs3)nc(C(=O)N(C)C(C)(C)C)c1CC2. The molecule has 32 heavy (non-hydrogen) atoms. The second-order valence-electron chi connectivity index (χ2n) is 9.87. The Hall–Kier alpha value is -2.60. The van der Waals surface area contributed by atoms with Gasteiger partial charge in [0, 0.05) is 12.6 Å². The van der Waals surface area contributed by atoms with Gasteiger partial charge in [-0.15, -0.1) is 11.3 Å². The lowest BCUT2D eigenvalue weighted by Gasteiger charge is -2.32. The summed E-state index contributed by atoms with van der Waals surface area (Å²) in [5.41, 5.74) is 3.80. The Labute approximate surface area is 199 Å². The third-order valence-corrected chi connectivity index (χ3v) is 6.97. The molecule has 0 saturated carbocycles. The minimum Gasteiger partial charge on any atom is -0.496 e. The highest BCUT2D eigenvalue weighted by molar-refractivity contribution is 7.13. The predicted octanol–water partition coefficient (Wildman–Crippen LogP) is 5.78. The number of thiophene rings is 1. The topological polar surface area (TPSA) is 47.4 Å². The molecule has 2 aromatic heterocycles. The molecular weight excluding hydrogens is 418 g/mol. The average molecular weight is 455 g/mol. The van der Waals surface area contributed by atoms with Crippen molar-refractivity contribution in [2.45, 2.75) is 59.4 Å². The van der Waals surface area contributed by atoms with Gasteiger partial charge in [0.2, 0.25) is 0 Å². The molecule has 3 heterocycles. The van der Waals surface area contributed by atoms with Gasteiger partial charge in [-0.05, 0) is 80.7 Å². The third kappa shape index (κ3) is 3.96. The van der Waals surface area contributed by atoms with E-state index in [1.807, 2.05) is 57.5 Å². The molecule has 6 heteroatoms. The maximum Gasteiger partial charge on any atom is 0.274 e. The molecule has 0 atom stereocenters. The first-order valence-electron chi connectivity index (χ1n) is 12.5. The van der Waals surface area contributed by atoms with Gasteiger partial charge in [-0.3, -0.25) is 9.36 Å². The smallest absolute Gasteiger partial charge is 0.274 e. The number of carbonyl (C=O) groups is 1. The van der Waals surface area contributed by atoms with Crippen LogP contribution in [0.2, 0.25) is 0 Å². The number of fused-ring (bicyclic) bond motifs is 3. The number of nitrogens with zero attached hydrogens (tertiary/aromatic N) is 3. The minimum atomic E-state index is -2.52. The predicted molar refractivity (Wildman–Crippen MR) is 131 cm³/mol. The van der Waals surface area contributed by atoms with Crippen molar-refractivity contribution >= 4 is 17.2 Å². The Morgan fingerprint density at radius 3 is 2.75 bits per heavy atom. The van der Waals surface area contributed by atoms with Crippen LogP contribution in [0, 0.1) is 5.92 Å². The van der Waals surface area contributed by atoms with E-state index >= 15 is 0 Å². The molecule has 170 valence electrons. The first-order chi connectivity index (χ1) is 16.3. The van der Waals surface area contributed by atoms with Crippen molar-refractivity contribution in [2.75, 3.05) is 14.1 Å². The van der Waals surface area contributed by atoms with Gasteiger partial charge in [0.1, 0.15) is 5.75 Å². The molecular formula is C26H33N3O2S. The van der Waals surface area contributed by atoms with E-state index in [-0.39, 0.29) is 11.4 Å². The number of hydrogen-bond acceptors (Lipinski definition) is 4. The van der Waals surface area contributed by atoms with E-state index in [1.54, 1.807) is 16.2 Å². The molecule has 3 aromatic rings. The van der Waals surface area contributed by atoms with Crippen LogP contribution in [0.4, 0.5) is 0 Å². The van der Waals surface area contributed by atoms with Gasteiger partial charge in [-0.25, -0.2) is 4.98 Å². The molecule has 1 aromatic carbocycles. The van der Waals surface area contributed by atoms with Crippen molar-refractivity contribution in [1.29, 1.82) is 0 Å². The van der Waals surface area contributed by atoms with Crippen LogP contribution < -0.4 is 4.74 Å². The van der Waals surface area contributed by atoms with E-state index in [1.165, 1.54) is 0 Å². The van der Waals surface area contributed by atoms with Crippen molar-refractivity contribution in [2.24, 2.45) is 5.92 Å². The summed E-state index contributed by atoms with van der Waals surface area (Å²) in [6, 6.07) is 7.88. The molecule has 0 N–H and O–H groups in total. The highest BCUT2D eigenvalue weighted by Gasteiger charge is 2.33. The second kappa shape index (κ2) is 8.39. The van der Waals surface area contributed by atoms with Crippen LogP contribution in [0.15, 0.2) is 29.6 Å². The van der Waals surface area contributed by atoms with E-state index in [9.17, 15) is 4.79 Å². The Bertz CT molecular complexity index is 1240. The zero-order valence-electron chi connectivity index (χ0n) is 22.7. The lowest BCUT2D eigenvalue weighted by molar-refractivity contribution is 0.0649. The second-order valence-corrected chi connectivity index (χ2v) is 10.8. The van der Waals surface area contributed by atoms with Crippen LogP contribution in [-0.4, -0.2) is 40.0 Å².